The fourth-order valence-corrected chi connectivity index (χ4v) is 0.994. The number of halogens is 3. The van der Waals surface area contributed by atoms with Gasteiger partial charge in [-0.15, -0.1) is 13.2 Å². The Bertz CT molecular complexity index is 374. The maximum Gasteiger partial charge on any atom is 0.573 e. The molecule has 0 radical (unpaired) electrons. The predicted octanol–water partition coefficient (Wildman–Crippen LogP) is 3.46. The highest BCUT2D eigenvalue weighted by molar-refractivity contribution is 5.66. The van der Waals surface area contributed by atoms with Gasteiger partial charge >= 0.3 is 12.3 Å². The number of benzene rings is 1. The van der Waals surface area contributed by atoms with Crippen LogP contribution >= 0.6 is 0 Å². The lowest BCUT2D eigenvalue weighted by Crippen LogP contribution is -2.17. The Balaban J connectivity index is 0.00000154. The van der Waals surface area contributed by atoms with Crippen molar-refractivity contribution in [3.8, 4) is 11.5 Å². The van der Waals surface area contributed by atoms with Gasteiger partial charge in [0.15, 0.2) is 0 Å². The third-order valence-electron chi connectivity index (χ3n) is 1.64. The molecule has 0 atom stereocenters. The number of rotatable bonds is 5. The smallest absolute Gasteiger partial charge is 0.493 e. The molecule has 0 aliphatic heterocycles. The molecule has 0 aromatic heterocycles. The SMILES string of the molecule is CC.O=C(O)CCOc1ccc(OC(F)(F)F)cc1. The number of carboxylic acids is 1. The maximum absolute atomic E-state index is 11.8. The summed E-state index contributed by atoms with van der Waals surface area (Å²) in [6.07, 6.45) is -4.91. The first-order chi connectivity index (χ1) is 8.87. The van der Waals surface area contributed by atoms with E-state index in [0.29, 0.717) is 0 Å². The van der Waals surface area contributed by atoms with Crippen molar-refractivity contribution < 1.29 is 32.5 Å². The number of hydrogen-bond acceptors (Lipinski definition) is 3. The lowest BCUT2D eigenvalue weighted by molar-refractivity contribution is -0.274. The second-order valence-electron chi connectivity index (χ2n) is 3.01. The molecule has 1 rings (SSSR count). The molecule has 0 spiro atoms. The number of hydrogen-bond donors (Lipinski definition) is 1. The second kappa shape index (κ2) is 8.23. The van der Waals surface area contributed by atoms with E-state index >= 15 is 0 Å². The van der Waals surface area contributed by atoms with Crippen molar-refractivity contribution in [2.24, 2.45) is 0 Å². The highest BCUT2D eigenvalue weighted by Gasteiger charge is 2.30. The number of ether oxygens (including phenoxy) is 2. The standard InChI is InChI=1S/C10H9F3O4.C2H6/c11-10(12,13)17-8-3-1-7(2-4-8)16-6-5-9(14)15;1-2/h1-4H,5-6H2,(H,14,15);1-2H3. The summed E-state index contributed by atoms with van der Waals surface area (Å²) in [6, 6.07) is 4.71. The molecule has 4 nitrogen and oxygen atoms in total. The molecule has 0 saturated carbocycles. The molecule has 1 aromatic rings. The summed E-state index contributed by atoms with van der Waals surface area (Å²) in [5.41, 5.74) is 0. The van der Waals surface area contributed by atoms with Crippen LogP contribution in [0.25, 0.3) is 0 Å². The zero-order valence-corrected chi connectivity index (χ0v) is 10.5. The quantitative estimate of drug-likeness (QED) is 0.897. The van der Waals surface area contributed by atoms with Crippen molar-refractivity contribution in [2.45, 2.75) is 26.6 Å². The molecule has 0 heterocycles. The fraction of sp³-hybridized carbons (Fsp3) is 0.417. The van der Waals surface area contributed by atoms with Crippen LogP contribution in [0, 0.1) is 0 Å². The van der Waals surface area contributed by atoms with Crippen LogP contribution in [-0.2, 0) is 4.79 Å². The second-order valence-corrected chi connectivity index (χ2v) is 3.01. The van der Waals surface area contributed by atoms with Crippen molar-refractivity contribution in [1.82, 2.24) is 0 Å². The minimum atomic E-state index is -4.73. The van der Waals surface area contributed by atoms with E-state index in [1.54, 1.807) is 0 Å². The van der Waals surface area contributed by atoms with Gasteiger partial charge in [0.1, 0.15) is 11.5 Å². The molecule has 0 fully saturated rings. The zero-order valence-electron chi connectivity index (χ0n) is 10.5. The summed E-state index contributed by atoms with van der Waals surface area (Å²) in [6.45, 7) is 3.95. The number of aliphatic carboxylic acids is 1. The number of carboxylic acid groups (broad SMARTS) is 1. The van der Waals surface area contributed by atoms with E-state index in [2.05, 4.69) is 4.74 Å². The van der Waals surface area contributed by atoms with Crippen LogP contribution in [0.3, 0.4) is 0 Å². The van der Waals surface area contributed by atoms with Crippen LogP contribution in [-0.4, -0.2) is 24.0 Å². The molecule has 0 saturated heterocycles. The van der Waals surface area contributed by atoms with Crippen LogP contribution in [0.2, 0.25) is 0 Å². The molecule has 0 unspecified atom stereocenters. The highest BCUT2D eigenvalue weighted by Crippen LogP contribution is 2.24. The van der Waals surface area contributed by atoms with Gasteiger partial charge in [0.2, 0.25) is 0 Å². The molecular formula is C12H15F3O4. The number of carbonyl (C=O) groups is 1. The van der Waals surface area contributed by atoms with Crippen LogP contribution in [0.4, 0.5) is 13.2 Å². The molecule has 0 amide bonds. The zero-order chi connectivity index (χ0) is 14.9. The van der Waals surface area contributed by atoms with E-state index in [4.69, 9.17) is 9.84 Å². The summed E-state index contributed by atoms with van der Waals surface area (Å²) in [5.74, 6) is -1.09. The summed E-state index contributed by atoms with van der Waals surface area (Å²) >= 11 is 0. The van der Waals surface area contributed by atoms with Gasteiger partial charge in [-0.2, -0.15) is 0 Å². The Labute approximate surface area is 108 Å². The summed E-state index contributed by atoms with van der Waals surface area (Å²) < 4.78 is 44.1. The molecule has 0 bridgehead atoms. The molecule has 0 aliphatic rings. The van der Waals surface area contributed by atoms with Crippen LogP contribution in [0.5, 0.6) is 11.5 Å². The third kappa shape index (κ3) is 8.76. The van der Waals surface area contributed by atoms with Crippen LogP contribution in [0.15, 0.2) is 24.3 Å². The summed E-state index contributed by atoms with van der Waals surface area (Å²) in [7, 11) is 0. The van der Waals surface area contributed by atoms with Gasteiger partial charge in [-0.3, -0.25) is 4.79 Å². The highest BCUT2D eigenvalue weighted by atomic mass is 19.4. The molecular weight excluding hydrogens is 265 g/mol. The summed E-state index contributed by atoms with van der Waals surface area (Å²) in [5, 5.41) is 8.34. The molecule has 19 heavy (non-hydrogen) atoms. The normalized spacial score (nSPS) is 10.2. The Morgan fingerprint density at radius 3 is 2.05 bits per heavy atom. The van der Waals surface area contributed by atoms with E-state index < -0.39 is 12.3 Å². The van der Waals surface area contributed by atoms with Crippen molar-refractivity contribution >= 4 is 5.97 Å². The molecule has 1 aromatic carbocycles. The average Bonchev–Trinajstić information content (AvgIpc) is 2.32. The van der Waals surface area contributed by atoms with Crippen LogP contribution < -0.4 is 9.47 Å². The van der Waals surface area contributed by atoms with Crippen LogP contribution in [0.1, 0.15) is 20.3 Å². The van der Waals surface area contributed by atoms with E-state index in [9.17, 15) is 18.0 Å². The largest absolute Gasteiger partial charge is 0.573 e. The first-order valence-corrected chi connectivity index (χ1v) is 5.57. The fourth-order valence-electron chi connectivity index (χ4n) is 0.994. The lowest BCUT2D eigenvalue weighted by Gasteiger charge is -2.09. The average molecular weight is 280 g/mol. The Morgan fingerprint density at radius 2 is 1.63 bits per heavy atom. The monoisotopic (exact) mass is 280 g/mol. The Morgan fingerprint density at radius 1 is 1.16 bits per heavy atom. The summed E-state index contributed by atoms with van der Waals surface area (Å²) in [4.78, 5) is 10.2. The van der Waals surface area contributed by atoms with Crippen molar-refractivity contribution in [3.05, 3.63) is 24.3 Å². The van der Waals surface area contributed by atoms with E-state index in [-0.39, 0.29) is 24.5 Å². The van der Waals surface area contributed by atoms with Crippen molar-refractivity contribution in [3.63, 3.8) is 0 Å². The van der Waals surface area contributed by atoms with Gasteiger partial charge in [-0.1, -0.05) is 13.8 Å². The molecule has 7 heteroatoms. The predicted molar refractivity (Wildman–Crippen MR) is 62.2 cm³/mol. The maximum atomic E-state index is 11.8. The molecule has 108 valence electrons. The Hall–Kier alpha value is -1.92. The van der Waals surface area contributed by atoms with Crippen molar-refractivity contribution in [1.29, 1.82) is 0 Å². The third-order valence-corrected chi connectivity index (χ3v) is 1.64. The first kappa shape index (κ1) is 17.1. The van der Waals surface area contributed by atoms with Gasteiger partial charge in [0.25, 0.3) is 0 Å². The minimum absolute atomic E-state index is 0.0468. The van der Waals surface area contributed by atoms with Gasteiger partial charge in [-0.25, -0.2) is 0 Å². The molecule has 0 aliphatic carbocycles. The van der Waals surface area contributed by atoms with Gasteiger partial charge < -0.3 is 14.6 Å². The number of alkyl halides is 3. The van der Waals surface area contributed by atoms with Gasteiger partial charge in [0.05, 0.1) is 13.0 Å². The van der Waals surface area contributed by atoms with Crippen molar-refractivity contribution in [2.75, 3.05) is 6.61 Å². The van der Waals surface area contributed by atoms with E-state index in [0.717, 1.165) is 12.1 Å². The van der Waals surface area contributed by atoms with E-state index in [1.807, 2.05) is 13.8 Å². The first-order valence-electron chi connectivity index (χ1n) is 5.57. The van der Waals surface area contributed by atoms with Gasteiger partial charge in [-0.05, 0) is 24.3 Å². The topological polar surface area (TPSA) is 55.8 Å². The minimum Gasteiger partial charge on any atom is -0.493 e. The van der Waals surface area contributed by atoms with E-state index in [1.165, 1.54) is 12.1 Å². The molecule has 1 N–H and O–H groups in total. The lowest BCUT2D eigenvalue weighted by atomic mass is 10.3. The van der Waals surface area contributed by atoms with Gasteiger partial charge in [0, 0.05) is 0 Å². The Kier molecular flexibility index (Phi) is 7.40.